The molecule has 0 spiro atoms. The van der Waals surface area contributed by atoms with Crippen LogP contribution in [0.3, 0.4) is 0 Å². The summed E-state index contributed by atoms with van der Waals surface area (Å²) in [6.45, 7) is 5.90. The molecular formula is C14H19NO3. The van der Waals surface area contributed by atoms with Crippen molar-refractivity contribution < 1.29 is 14.6 Å². The van der Waals surface area contributed by atoms with Crippen molar-refractivity contribution in [2.45, 2.75) is 26.4 Å². The van der Waals surface area contributed by atoms with Gasteiger partial charge in [0.1, 0.15) is 5.75 Å². The molecule has 0 aliphatic carbocycles. The van der Waals surface area contributed by atoms with E-state index >= 15 is 0 Å². The number of morpholine rings is 1. The molecule has 98 valence electrons. The Morgan fingerprint density at radius 2 is 2.33 bits per heavy atom. The minimum absolute atomic E-state index is 0.0551. The summed E-state index contributed by atoms with van der Waals surface area (Å²) in [4.78, 5) is 13.4. The van der Waals surface area contributed by atoms with Crippen molar-refractivity contribution in [1.82, 2.24) is 0 Å². The predicted molar refractivity (Wildman–Crippen MR) is 70.4 cm³/mol. The second-order valence-electron chi connectivity index (χ2n) is 4.60. The molecular weight excluding hydrogens is 230 g/mol. The van der Waals surface area contributed by atoms with Crippen molar-refractivity contribution in [3.05, 3.63) is 23.8 Å². The third-order valence-corrected chi connectivity index (χ3v) is 3.32. The third-order valence-electron chi connectivity index (χ3n) is 3.32. The lowest BCUT2D eigenvalue weighted by Crippen LogP contribution is -2.42. The van der Waals surface area contributed by atoms with Crippen LogP contribution in [0.1, 0.15) is 30.6 Å². The topological polar surface area (TPSA) is 49.8 Å². The SMILES string of the molecule is CCC1CN(c2ccc(C(C)=O)c(O)c2)CCO1. The number of carbonyl (C=O) groups is 1. The average molecular weight is 249 g/mol. The number of ether oxygens (including phenoxy) is 1. The molecule has 1 aromatic rings. The van der Waals surface area contributed by atoms with Crippen LogP contribution < -0.4 is 4.90 Å². The van der Waals surface area contributed by atoms with E-state index in [4.69, 9.17) is 4.74 Å². The summed E-state index contributed by atoms with van der Waals surface area (Å²) in [6, 6.07) is 5.23. The summed E-state index contributed by atoms with van der Waals surface area (Å²) < 4.78 is 5.61. The Hall–Kier alpha value is -1.55. The van der Waals surface area contributed by atoms with Crippen molar-refractivity contribution >= 4 is 11.5 Å². The average Bonchev–Trinajstić information content (AvgIpc) is 2.38. The van der Waals surface area contributed by atoms with Gasteiger partial charge in [0.25, 0.3) is 0 Å². The zero-order chi connectivity index (χ0) is 13.1. The number of phenols is 1. The van der Waals surface area contributed by atoms with Gasteiger partial charge in [-0.25, -0.2) is 0 Å². The van der Waals surface area contributed by atoms with E-state index < -0.39 is 0 Å². The van der Waals surface area contributed by atoms with Gasteiger partial charge in [-0.05, 0) is 25.5 Å². The summed E-state index contributed by atoms with van der Waals surface area (Å²) in [5, 5.41) is 9.84. The van der Waals surface area contributed by atoms with E-state index in [9.17, 15) is 9.90 Å². The van der Waals surface area contributed by atoms with E-state index in [0.29, 0.717) is 12.2 Å². The van der Waals surface area contributed by atoms with Crippen LogP contribution in [0.2, 0.25) is 0 Å². The molecule has 0 bridgehead atoms. The van der Waals surface area contributed by atoms with E-state index in [-0.39, 0.29) is 17.6 Å². The second-order valence-corrected chi connectivity index (χ2v) is 4.60. The molecule has 0 saturated carbocycles. The van der Waals surface area contributed by atoms with Crippen LogP contribution in [0, 0.1) is 0 Å². The lowest BCUT2D eigenvalue weighted by atomic mass is 10.1. The molecule has 1 saturated heterocycles. The van der Waals surface area contributed by atoms with Crippen molar-refractivity contribution in [3.63, 3.8) is 0 Å². The molecule has 0 aromatic heterocycles. The first-order valence-corrected chi connectivity index (χ1v) is 6.32. The Bertz CT molecular complexity index is 445. The fourth-order valence-corrected chi connectivity index (χ4v) is 2.22. The van der Waals surface area contributed by atoms with Gasteiger partial charge in [0.2, 0.25) is 0 Å². The first-order valence-electron chi connectivity index (χ1n) is 6.32. The highest BCUT2D eigenvalue weighted by molar-refractivity contribution is 5.97. The number of benzene rings is 1. The molecule has 1 unspecified atom stereocenters. The molecule has 1 aromatic carbocycles. The molecule has 1 heterocycles. The maximum Gasteiger partial charge on any atom is 0.163 e. The van der Waals surface area contributed by atoms with Crippen LogP contribution in [0.4, 0.5) is 5.69 Å². The normalized spacial score (nSPS) is 19.9. The van der Waals surface area contributed by atoms with E-state index in [1.807, 2.05) is 6.07 Å². The molecule has 4 nitrogen and oxygen atoms in total. The molecule has 1 N–H and O–H groups in total. The van der Waals surface area contributed by atoms with Crippen molar-refractivity contribution in [3.8, 4) is 5.75 Å². The maximum absolute atomic E-state index is 11.3. The molecule has 0 radical (unpaired) electrons. The molecule has 2 rings (SSSR count). The number of phenolic OH excluding ortho intramolecular Hbond substituents is 1. The van der Waals surface area contributed by atoms with Gasteiger partial charge in [0.15, 0.2) is 5.78 Å². The van der Waals surface area contributed by atoms with Crippen molar-refractivity contribution in [2.75, 3.05) is 24.6 Å². The highest BCUT2D eigenvalue weighted by Gasteiger charge is 2.20. The summed E-state index contributed by atoms with van der Waals surface area (Å²) in [6.07, 6.45) is 1.22. The zero-order valence-electron chi connectivity index (χ0n) is 10.8. The van der Waals surface area contributed by atoms with Gasteiger partial charge in [0.05, 0.1) is 18.3 Å². The summed E-state index contributed by atoms with van der Waals surface area (Å²) in [7, 11) is 0. The summed E-state index contributed by atoms with van der Waals surface area (Å²) >= 11 is 0. The summed E-state index contributed by atoms with van der Waals surface area (Å²) in [5.41, 5.74) is 1.32. The Kier molecular flexibility index (Phi) is 3.87. The van der Waals surface area contributed by atoms with Crippen LogP contribution in [0.25, 0.3) is 0 Å². The van der Waals surface area contributed by atoms with E-state index in [2.05, 4.69) is 11.8 Å². The molecule has 4 heteroatoms. The predicted octanol–water partition coefficient (Wildman–Crippen LogP) is 2.21. The van der Waals surface area contributed by atoms with Gasteiger partial charge >= 0.3 is 0 Å². The largest absolute Gasteiger partial charge is 0.507 e. The smallest absolute Gasteiger partial charge is 0.163 e. The number of anilines is 1. The Morgan fingerprint density at radius 1 is 1.56 bits per heavy atom. The molecule has 18 heavy (non-hydrogen) atoms. The van der Waals surface area contributed by atoms with Gasteiger partial charge in [0, 0.05) is 24.8 Å². The Morgan fingerprint density at radius 3 is 2.94 bits per heavy atom. The van der Waals surface area contributed by atoms with Crippen LogP contribution in [-0.4, -0.2) is 36.7 Å². The van der Waals surface area contributed by atoms with Gasteiger partial charge in [-0.15, -0.1) is 0 Å². The number of nitrogens with zero attached hydrogens (tertiary/aromatic N) is 1. The lowest BCUT2D eigenvalue weighted by molar-refractivity contribution is 0.0384. The quantitative estimate of drug-likeness (QED) is 0.834. The first kappa shape index (κ1) is 12.9. The molecule has 0 amide bonds. The maximum atomic E-state index is 11.3. The van der Waals surface area contributed by atoms with Crippen LogP contribution in [0.5, 0.6) is 5.75 Å². The Balaban J connectivity index is 2.18. The van der Waals surface area contributed by atoms with Gasteiger partial charge in [-0.3, -0.25) is 4.79 Å². The van der Waals surface area contributed by atoms with Crippen molar-refractivity contribution in [2.24, 2.45) is 0 Å². The highest BCUT2D eigenvalue weighted by atomic mass is 16.5. The number of hydrogen-bond acceptors (Lipinski definition) is 4. The Labute approximate surface area is 107 Å². The second kappa shape index (κ2) is 5.40. The third kappa shape index (κ3) is 2.64. The number of carbonyl (C=O) groups excluding carboxylic acids is 1. The number of rotatable bonds is 3. The molecule has 1 aliphatic heterocycles. The van der Waals surface area contributed by atoms with E-state index in [1.54, 1.807) is 12.1 Å². The number of hydrogen-bond donors (Lipinski definition) is 1. The van der Waals surface area contributed by atoms with Crippen molar-refractivity contribution in [1.29, 1.82) is 0 Å². The number of aromatic hydroxyl groups is 1. The standard InChI is InChI=1S/C14H19NO3/c1-3-12-9-15(6-7-18-12)11-4-5-13(10(2)16)14(17)8-11/h4-5,8,12,17H,3,6-7,9H2,1-2H3. The lowest BCUT2D eigenvalue weighted by Gasteiger charge is -2.34. The van der Waals surface area contributed by atoms with E-state index in [1.165, 1.54) is 6.92 Å². The highest BCUT2D eigenvalue weighted by Crippen LogP contribution is 2.26. The fraction of sp³-hybridized carbons (Fsp3) is 0.500. The van der Waals surface area contributed by atoms with Crippen LogP contribution >= 0.6 is 0 Å². The molecule has 1 atom stereocenters. The molecule has 1 fully saturated rings. The van der Waals surface area contributed by atoms with Gasteiger partial charge < -0.3 is 14.7 Å². The zero-order valence-corrected chi connectivity index (χ0v) is 10.8. The van der Waals surface area contributed by atoms with E-state index in [0.717, 1.165) is 25.2 Å². The van der Waals surface area contributed by atoms with Crippen LogP contribution in [-0.2, 0) is 4.74 Å². The summed E-state index contributed by atoms with van der Waals surface area (Å²) in [5.74, 6) is -0.0630. The van der Waals surface area contributed by atoms with Gasteiger partial charge in [-0.1, -0.05) is 6.92 Å². The minimum Gasteiger partial charge on any atom is -0.507 e. The number of ketones is 1. The minimum atomic E-state index is -0.118. The van der Waals surface area contributed by atoms with Gasteiger partial charge in [-0.2, -0.15) is 0 Å². The fourth-order valence-electron chi connectivity index (χ4n) is 2.22. The van der Waals surface area contributed by atoms with Crippen LogP contribution in [0.15, 0.2) is 18.2 Å². The first-order chi connectivity index (χ1) is 8.61. The monoisotopic (exact) mass is 249 g/mol. The number of Topliss-reactive ketones (excluding diaryl/α,β-unsaturated/α-hetero) is 1. The molecule has 1 aliphatic rings.